The number of hydrogen-bond donors (Lipinski definition) is 1. The van der Waals surface area contributed by atoms with E-state index in [0.717, 1.165) is 85.0 Å². The molecule has 1 aromatic heterocycles. The van der Waals surface area contributed by atoms with Crippen molar-refractivity contribution in [3.63, 3.8) is 0 Å². The van der Waals surface area contributed by atoms with Crippen LogP contribution in [0.3, 0.4) is 0 Å². The van der Waals surface area contributed by atoms with E-state index >= 15 is 0 Å². The number of nitrogens with one attached hydrogen (secondary N) is 1. The Balaban J connectivity index is 1.08. The third-order valence-electron chi connectivity index (χ3n) is 7.05. The second kappa shape index (κ2) is 9.31. The third-order valence-corrected chi connectivity index (χ3v) is 7.05. The number of anilines is 1. The number of para-hydroxylation sites is 1. The second-order valence-electron chi connectivity index (χ2n) is 9.87. The number of amides is 1. The van der Waals surface area contributed by atoms with Crippen molar-refractivity contribution in [1.29, 1.82) is 0 Å². The zero-order valence-electron chi connectivity index (χ0n) is 20.3. The van der Waals surface area contributed by atoms with Gasteiger partial charge in [0, 0.05) is 49.9 Å². The fourth-order valence-corrected chi connectivity index (χ4v) is 4.90. The summed E-state index contributed by atoms with van der Waals surface area (Å²) in [6.45, 7) is 12.5. The standard InChI is InChI=1S/C27H33N5O2/c1-19-9-10-22(24-25(19)30-26(33)27(24,2)3)34-16-6-11-31-12-14-32(15-13-31)18-23-28-17-20-7-4-5-8-21(20)29-23/h4-5,7-10,17H,6,11-16,18H2,1-3H3,(H,30,33). The fraction of sp³-hybridized carbons (Fsp3) is 0.444. The van der Waals surface area contributed by atoms with Crippen LogP contribution in [0.25, 0.3) is 10.9 Å². The van der Waals surface area contributed by atoms with Gasteiger partial charge in [0.15, 0.2) is 0 Å². The first kappa shape index (κ1) is 22.7. The highest BCUT2D eigenvalue weighted by atomic mass is 16.5. The van der Waals surface area contributed by atoms with Crippen molar-refractivity contribution >= 4 is 22.5 Å². The first-order valence-corrected chi connectivity index (χ1v) is 12.2. The summed E-state index contributed by atoms with van der Waals surface area (Å²) in [5, 5.41) is 4.11. The minimum atomic E-state index is -0.568. The van der Waals surface area contributed by atoms with Crippen molar-refractivity contribution < 1.29 is 9.53 Å². The third kappa shape index (κ3) is 4.50. The number of hydrogen-bond acceptors (Lipinski definition) is 6. The molecule has 2 aliphatic rings. The van der Waals surface area contributed by atoms with Crippen molar-refractivity contribution in [2.45, 2.75) is 39.2 Å². The number of ether oxygens (including phenoxy) is 1. The van der Waals surface area contributed by atoms with Gasteiger partial charge in [0.05, 0.1) is 29.8 Å². The van der Waals surface area contributed by atoms with E-state index in [1.165, 1.54) is 0 Å². The van der Waals surface area contributed by atoms with Crippen molar-refractivity contribution in [3.8, 4) is 5.75 Å². The fourth-order valence-electron chi connectivity index (χ4n) is 4.90. The maximum absolute atomic E-state index is 12.4. The molecule has 2 aromatic carbocycles. The van der Waals surface area contributed by atoms with E-state index in [9.17, 15) is 4.79 Å². The number of aryl methyl sites for hydroxylation is 1. The maximum atomic E-state index is 12.4. The molecular weight excluding hydrogens is 426 g/mol. The average molecular weight is 460 g/mol. The Morgan fingerprint density at radius 3 is 2.65 bits per heavy atom. The number of nitrogens with zero attached hydrogens (tertiary/aromatic N) is 4. The van der Waals surface area contributed by atoms with Crippen LogP contribution in [0.2, 0.25) is 0 Å². The van der Waals surface area contributed by atoms with Crippen LogP contribution >= 0.6 is 0 Å². The predicted octanol–water partition coefficient (Wildman–Crippen LogP) is 3.75. The van der Waals surface area contributed by atoms with Gasteiger partial charge in [-0.05, 0) is 44.9 Å². The van der Waals surface area contributed by atoms with E-state index in [1.54, 1.807) is 0 Å². The van der Waals surface area contributed by atoms with Gasteiger partial charge in [-0.15, -0.1) is 0 Å². The molecule has 7 nitrogen and oxygen atoms in total. The van der Waals surface area contributed by atoms with Crippen molar-refractivity contribution in [2.24, 2.45) is 0 Å². The molecule has 0 unspecified atom stereocenters. The smallest absolute Gasteiger partial charge is 0.234 e. The summed E-state index contributed by atoms with van der Waals surface area (Å²) in [5.74, 6) is 1.75. The topological polar surface area (TPSA) is 70.6 Å². The molecule has 0 aliphatic carbocycles. The van der Waals surface area contributed by atoms with Crippen LogP contribution in [-0.2, 0) is 16.8 Å². The monoisotopic (exact) mass is 459 g/mol. The molecule has 0 radical (unpaired) electrons. The van der Waals surface area contributed by atoms with Gasteiger partial charge >= 0.3 is 0 Å². The first-order valence-electron chi connectivity index (χ1n) is 12.2. The van der Waals surface area contributed by atoms with Crippen LogP contribution in [0, 0.1) is 6.92 Å². The number of carbonyl (C=O) groups is 1. The zero-order chi connectivity index (χ0) is 23.7. The first-order chi connectivity index (χ1) is 16.4. The Bertz CT molecular complexity index is 1200. The van der Waals surface area contributed by atoms with Gasteiger partial charge in [0.2, 0.25) is 5.91 Å². The zero-order valence-corrected chi connectivity index (χ0v) is 20.3. The molecule has 1 fully saturated rings. The number of piperazine rings is 1. The van der Waals surface area contributed by atoms with Crippen LogP contribution in [0.4, 0.5) is 5.69 Å². The molecule has 3 heterocycles. The van der Waals surface area contributed by atoms with Crippen molar-refractivity contribution in [2.75, 3.05) is 44.6 Å². The molecule has 1 N–H and O–H groups in total. The molecule has 0 atom stereocenters. The molecule has 2 aliphatic heterocycles. The Morgan fingerprint density at radius 1 is 1.06 bits per heavy atom. The highest BCUT2D eigenvalue weighted by Gasteiger charge is 2.41. The van der Waals surface area contributed by atoms with Crippen molar-refractivity contribution in [1.82, 2.24) is 19.8 Å². The summed E-state index contributed by atoms with van der Waals surface area (Å²) in [7, 11) is 0. The lowest BCUT2D eigenvalue weighted by Gasteiger charge is -2.34. The van der Waals surface area contributed by atoms with Gasteiger partial charge in [-0.1, -0.05) is 24.3 Å². The van der Waals surface area contributed by atoms with Gasteiger partial charge in [-0.3, -0.25) is 9.69 Å². The normalized spacial score (nSPS) is 18.1. The Hall–Kier alpha value is -3.03. The molecular formula is C27H33N5O2. The summed E-state index contributed by atoms with van der Waals surface area (Å²) < 4.78 is 6.17. The summed E-state index contributed by atoms with van der Waals surface area (Å²) in [6, 6.07) is 12.1. The highest BCUT2D eigenvalue weighted by molar-refractivity contribution is 6.07. The van der Waals surface area contributed by atoms with Gasteiger partial charge in [-0.2, -0.15) is 0 Å². The van der Waals surface area contributed by atoms with Gasteiger partial charge in [0.1, 0.15) is 11.6 Å². The van der Waals surface area contributed by atoms with E-state index in [0.29, 0.717) is 6.61 Å². The van der Waals surface area contributed by atoms with Crippen LogP contribution in [0.5, 0.6) is 5.75 Å². The van der Waals surface area contributed by atoms with E-state index in [4.69, 9.17) is 9.72 Å². The van der Waals surface area contributed by atoms with Gasteiger partial charge in [0.25, 0.3) is 0 Å². The Kier molecular flexibility index (Phi) is 6.23. The molecule has 0 bridgehead atoms. The minimum absolute atomic E-state index is 0.0358. The van der Waals surface area contributed by atoms with E-state index < -0.39 is 5.41 Å². The molecule has 3 aromatic rings. The van der Waals surface area contributed by atoms with Crippen LogP contribution < -0.4 is 10.1 Å². The summed E-state index contributed by atoms with van der Waals surface area (Å²) in [5.41, 5.74) is 3.42. The number of rotatable bonds is 7. The highest BCUT2D eigenvalue weighted by Crippen LogP contribution is 2.44. The number of fused-ring (bicyclic) bond motifs is 2. The van der Waals surface area contributed by atoms with Crippen LogP contribution in [0.15, 0.2) is 42.6 Å². The largest absolute Gasteiger partial charge is 0.493 e. The average Bonchev–Trinajstić information content (AvgIpc) is 3.09. The lowest BCUT2D eigenvalue weighted by molar-refractivity contribution is -0.119. The molecule has 1 amide bonds. The molecule has 5 rings (SSSR count). The lowest BCUT2D eigenvalue weighted by atomic mass is 9.85. The summed E-state index contributed by atoms with van der Waals surface area (Å²) >= 11 is 0. The lowest BCUT2D eigenvalue weighted by Crippen LogP contribution is -2.46. The molecule has 34 heavy (non-hydrogen) atoms. The molecule has 0 spiro atoms. The molecule has 1 saturated heterocycles. The van der Waals surface area contributed by atoms with E-state index in [-0.39, 0.29) is 5.91 Å². The number of aromatic nitrogens is 2. The summed E-state index contributed by atoms with van der Waals surface area (Å²) in [6.07, 6.45) is 2.88. The SMILES string of the molecule is Cc1ccc(OCCCN2CCN(Cc3ncc4ccccc4n3)CC2)c2c1NC(=O)C2(C)C. The summed E-state index contributed by atoms with van der Waals surface area (Å²) in [4.78, 5) is 26.6. The Morgan fingerprint density at radius 2 is 1.82 bits per heavy atom. The number of benzene rings is 2. The quantitative estimate of drug-likeness (QED) is 0.543. The predicted molar refractivity (Wildman–Crippen MR) is 134 cm³/mol. The van der Waals surface area contributed by atoms with Crippen molar-refractivity contribution in [3.05, 3.63) is 59.5 Å². The Labute approximate surface area is 201 Å². The van der Waals surface area contributed by atoms with Gasteiger partial charge in [-0.25, -0.2) is 9.97 Å². The molecule has 7 heteroatoms. The molecule has 0 saturated carbocycles. The molecule has 178 valence electrons. The minimum Gasteiger partial charge on any atom is -0.493 e. The second-order valence-corrected chi connectivity index (χ2v) is 9.87. The maximum Gasteiger partial charge on any atom is 0.234 e. The van der Waals surface area contributed by atoms with Crippen LogP contribution in [0.1, 0.15) is 37.2 Å². The van der Waals surface area contributed by atoms with Gasteiger partial charge < -0.3 is 15.0 Å². The van der Waals surface area contributed by atoms with Crippen LogP contribution in [-0.4, -0.2) is 65.0 Å². The van der Waals surface area contributed by atoms with E-state index in [2.05, 4.69) is 20.1 Å². The number of carbonyl (C=O) groups excluding carboxylic acids is 1. The van der Waals surface area contributed by atoms with E-state index in [1.807, 2.05) is 63.4 Å².